The maximum Gasteiger partial charge on any atom is 0.505 e. The van der Waals surface area contributed by atoms with Crippen molar-refractivity contribution in [1.29, 1.82) is 5.26 Å². The Morgan fingerprint density at radius 1 is 1.03 bits per heavy atom. The first-order valence-electron chi connectivity index (χ1n) is 10.9. The zero-order chi connectivity index (χ0) is 21.9. The zero-order valence-electron chi connectivity index (χ0n) is 17.6. The molecule has 0 spiro atoms. The van der Waals surface area contributed by atoms with Crippen LogP contribution in [0.15, 0.2) is 71.9 Å². The molecule has 5 nitrogen and oxygen atoms in total. The highest BCUT2D eigenvalue weighted by Crippen LogP contribution is 2.37. The van der Waals surface area contributed by atoms with Gasteiger partial charge in [-0.3, -0.25) is 4.98 Å². The number of hydrogen-bond donors (Lipinski definition) is 1. The van der Waals surface area contributed by atoms with Gasteiger partial charge in [0.05, 0.1) is 29.0 Å². The van der Waals surface area contributed by atoms with Crippen molar-refractivity contribution < 1.29 is 4.21 Å². The third-order valence-electron chi connectivity index (χ3n) is 6.27. The minimum Gasteiger partial charge on any atom is -0.346 e. The van der Waals surface area contributed by atoms with E-state index in [4.69, 9.17) is 4.98 Å². The third kappa shape index (κ3) is 3.93. The number of pyridine rings is 1. The van der Waals surface area contributed by atoms with Gasteiger partial charge in [0.1, 0.15) is 0 Å². The van der Waals surface area contributed by atoms with Gasteiger partial charge in [-0.05, 0) is 67.7 Å². The minimum absolute atomic E-state index is 0.491. The molecule has 1 N–H and O–H groups in total. The summed E-state index contributed by atoms with van der Waals surface area (Å²) in [5, 5.41) is 13.8. The SMILES string of the molecule is N#Cc1ccc(-c2c(-c3ccc([S+]=O)cc3)ncc3c2ccn3CC2CCNCC2)cc1. The van der Waals surface area contributed by atoms with Gasteiger partial charge in [0, 0.05) is 45.6 Å². The number of fused-ring (bicyclic) bond motifs is 1. The fourth-order valence-corrected chi connectivity index (χ4v) is 4.80. The quantitative estimate of drug-likeness (QED) is 0.443. The van der Waals surface area contributed by atoms with Crippen LogP contribution in [0, 0.1) is 17.2 Å². The van der Waals surface area contributed by atoms with Gasteiger partial charge in [-0.15, -0.1) is 0 Å². The van der Waals surface area contributed by atoms with E-state index in [2.05, 4.69) is 28.2 Å². The maximum absolute atomic E-state index is 11.1. The van der Waals surface area contributed by atoms with E-state index in [1.165, 1.54) is 12.8 Å². The van der Waals surface area contributed by atoms with Gasteiger partial charge in [-0.1, -0.05) is 12.1 Å². The third-order valence-corrected chi connectivity index (χ3v) is 6.73. The second-order valence-electron chi connectivity index (χ2n) is 8.24. The van der Waals surface area contributed by atoms with Crippen molar-refractivity contribution in [3.63, 3.8) is 0 Å². The fraction of sp³-hybridized carbons (Fsp3) is 0.231. The van der Waals surface area contributed by atoms with Crippen LogP contribution < -0.4 is 5.32 Å². The maximum atomic E-state index is 11.1. The molecule has 0 radical (unpaired) electrons. The average Bonchev–Trinajstić information content (AvgIpc) is 3.27. The Kier molecular flexibility index (Phi) is 5.76. The fourth-order valence-electron chi connectivity index (χ4n) is 4.55. The molecule has 3 heterocycles. The Balaban J connectivity index is 1.65. The first-order chi connectivity index (χ1) is 15.8. The normalized spacial score (nSPS) is 14.3. The lowest BCUT2D eigenvalue weighted by Gasteiger charge is -2.23. The van der Waals surface area contributed by atoms with Gasteiger partial charge < -0.3 is 9.88 Å². The molecule has 2 aromatic heterocycles. The molecule has 6 heteroatoms. The summed E-state index contributed by atoms with van der Waals surface area (Å²) < 4.78 is 13.5. The van der Waals surface area contributed by atoms with Gasteiger partial charge in [-0.2, -0.15) is 5.26 Å². The van der Waals surface area contributed by atoms with E-state index in [1.807, 2.05) is 54.7 Å². The Bertz CT molecular complexity index is 1300. The van der Waals surface area contributed by atoms with Gasteiger partial charge >= 0.3 is 11.7 Å². The van der Waals surface area contributed by atoms with E-state index in [-0.39, 0.29) is 0 Å². The largest absolute Gasteiger partial charge is 0.505 e. The number of nitrogens with one attached hydrogen (secondary N) is 1. The number of piperidine rings is 1. The number of rotatable bonds is 5. The van der Waals surface area contributed by atoms with Crippen molar-refractivity contribution in [2.75, 3.05) is 13.1 Å². The second kappa shape index (κ2) is 8.99. The summed E-state index contributed by atoms with van der Waals surface area (Å²) in [6, 6.07) is 19.6. The summed E-state index contributed by atoms with van der Waals surface area (Å²) in [5.74, 6) is 0.669. The lowest BCUT2D eigenvalue weighted by Crippen LogP contribution is -2.29. The van der Waals surface area contributed by atoms with E-state index in [0.29, 0.717) is 28.0 Å². The molecule has 0 saturated carbocycles. The van der Waals surface area contributed by atoms with Crippen LogP contribution in [0.1, 0.15) is 18.4 Å². The first-order valence-corrected chi connectivity index (χ1v) is 11.6. The topological polar surface area (TPSA) is 70.7 Å². The molecular weight excluding hydrogens is 416 g/mol. The monoisotopic (exact) mass is 439 g/mol. The molecule has 0 amide bonds. The molecule has 4 aromatic rings. The van der Waals surface area contributed by atoms with Crippen LogP contribution in [0.5, 0.6) is 0 Å². The minimum atomic E-state index is 0.491. The van der Waals surface area contributed by atoms with Crippen molar-refractivity contribution in [3.8, 4) is 28.5 Å². The van der Waals surface area contributed by atoms with Crippen LogP contribution in [0.2, 0.25) is 0 Å². The smallest absolute Gasteiger partial charge is 0.346 e. The molecule has 0 atom stereocenters. The van der Waals surface area contributed by atoms with Crippen molar-refractivity contribution >= 4 is 22.6 Å². The molecule has 2 aromatic carbocycles. The Morgan fingerprint density at radius 2 is 1.75 bits per heavy atom. The standard InChI is InChI=1S/C26H23N4OS/c27-15-18-1-3-20(4-2-18)25-23-11-14-30(17-19-9-12-28-13-10-19)24(23)16-29-26(25)21-5-7-22(32-31)8-6-21/h1-8,11,14,16,19,28H,9-10,12-13,17H2/q+1. The Morgan fingerprint density at radius 3 is 2.44 bits per heavy atom. The van der Waals surface area contributed by atoms with Crippen molar-refractivity contribution in [2.45, 2.75) is 24.3 Å². The van der Waals surface area contributed by atoms with E-state index < -0.39 is 0 Å². The molecule has 1 saturated heterocycles. The van der Waals surface area contributed by atoms with Crippen molar-refractivity contribution in [1.82, 2.24) is 14.9 Å². The van der Waals surface area contributed by atoms with Gasteiger partial charge in [0.25, 0.3) is 4.90 Å². The van der Waals surface area contributed by atoms with Crippen LogP contribution in [-0.2, 0) is 22.4 Å². The Labute approximate surface area is 191 Å². The number of benzene rings is 2. The predicted octanol–water partition coefficient (Wildman–Crippen LogP) is 5.03. The summed E-state index contributed by atoms with van der Waals surface area (Å²) in [6.07, 6.45) is 6.52. The average molecular weight is 440 g/mol. The predicted molar refractivity (Wildman–Crippen MR) is 127 cm³/mol. The number of aromatic nitrogens is 2. The van der Waals surface area contributed by atoms with E-state index in [1.54, 1.807) is 0 Å². The molecule has 0 unspecified atom stereocenters. The lowest BCUT2D eigenvalue weighted by atomic mass is 9.95. The Hall–Kier alpha value is -3.40. The van der Waals surface area contributed by atoms with E-state index in [0.717, 1.165) is 52.9 Å². The van der Waals surface area contributed by atoms with Crippen LogP contribution in [0.4, 0.5) is 0 Å². The van der Waals surface area contributed by atoms with Gasteiger partial charge in [0.2, 0.25) is 0 Å². The summed E-state index contributed by atoms with van der Waals surface area (Å²) in [5.41, 5.74) is 5.69. The summed E-state index contributed by atoms with van der Waals surface area (Å²) >= 11 is 0.491. The highest BCUT2D eigenvalue weighted by atomic mass is 32.1. The van der Waals surface area contributed by atoms with Gasteiger partial charge in [-0.25, -0.2) is 0 Å². The number of nitriles is 1. The molecule has 1 aliphatic rings. The molecule has 0 aliphatic carbocycles. The molecular formula is C26H23N4OS+. The molecule has 0 bridgehead atoms. The summed E-state index contributed by atoms with van der Waals surface area (Å²) in [7, 11) is 0. The van der Waals surface area contributed by atoms with Crippen LogP contribution in [0.3, 0.4) is 0 Å². The van der Waals surface area contributed by atoms with Crippen molar-refractivity contribution in [3.05, 3.63) is 72.6 Å². The van der Waals surface area contributed by atoms with Crippen LogP contribution in [-0.4, -0.2) is 22.6 Å². The highest BCUT2D eigenvalue weighted by molar-refractivity contribution is 7.65. The molecule has 1 aliphatic heterocycles. The second-order valence-corrected chi connectivity index (χ2v) is 8.88. The molecule has 5 rings (SSSR count). The van der Waals surface area contributed by atoms with Crippen LogP contribution >= 0.6 is 0 Å². The van der Waals surface area contributed by atoms with E-state index in [9.17, 15) is 9.47 Å². The summed E-state index contributed by atoms with van der Waals surface area (Å²) in [6.45, 7) is 3.16. The highest BCUT2D eigenvalue weighted by Gasteiger charge is 2.19. The lowest BCUT2D eigenvalue weighted by molar-refractivity contribution is 0.337. The van der Waals surface area contributed by atoms with Crippen LogP contribution in [0.25, 0.3) is 33.3 Å². The molecule has 32 heavy (non-hydrogen) atoms. The molecule has 158 valence electrons. The number of hydrogen-bond acceptors (Lipinski definition) is 4. The summed E-state index contributed by atoms with van der Waals surface area (Å²) in [4.78, 5) is 5.58. The zero-order valence-corrected chi connectivity index (χ0v) is 18.4. The van der Waals surface area contributed by atoms with Gasteiger partial charge in [0.15, 0.2) is 0 Å². The van der Waals surface area contributed by atoms with Crippen molar-refractivity contribution in [2.24, 2.45) is 5.92 Å². The molecule has 1 fully saturated rings. The number of nitrogens with zero attached hydrogens (tertiary/aromatic N) is 3. The first kappa shape index (κ1) is 20.5. The van der Waals surface area contributed by atoms with E-state index >= 15 is 0 Å².